The van der Waals surface area contributed by atoms with Gasteiger partial charge in [-0.3, -0.25) is 0 Å². The Morgan fingerprint density at radius 1 is 1.41 bits per heavy atom. The first-order valence-corrected chi connectivity index (χ1v) is 7.19. The second-order valence-electron chi connectivity index (χ2n) is 3.60. The van der Waals surface area contributed by atoms with Gasteiger partial charge < -0.3 is 0 Å². The highest BCUT2D eigenvalue weighted by molar-refractivity contribution is 7.89. The minimum Gasteiger partial charge on any atom is -0.208 e. The van der Waals surface area contributed by atoms with E-state index in [0.29, 0.717) is 6.42 Å². The van der Waals surface area contributed by atoms with E-state index in [9.17, 15) is 12.8 Å². The van der Waals surface area contributed by atoms with Gasteiger partial charge in [0.05, 0.1) is 10.0 Å². The molecule has 3 nitrogen and oxygen atoms in total. The maximum Gasteiger partial charge on any atom is 0.242 e. The van der Waals surface area contributed by atoms with Gasteiger partial charge in [-0.15, -0.1) is 0 Å². The van der Waals surface area contributed by atoms with Crippen molar-refractivity contribution in [3.05, 3.63) is 28.0 Å². The van der Waals surface area contributed by atoms with Crippen molar-refractivity contribution < 1.29 is 12.8 Å². The largest absolute Gasteiger partial charge is 0.242 e. The lowest BCUT2D eigenvalue weighted by Gasteiger charge is -2.13. The Kier molecular flexibility index (Phi) is 4.77. The molecular weight excluding hydrogens is 288 g/mol. The molecule has 0 spiro atoms. The third-order valence-electron chi connectivity index (χ3n) is 2.26. The molecule has 96 valence electrons. The molecule has 1 N–H and O–H groups in total. The lowest BCUT2D eigenvalue weighted by Crippen LogP contribution is -2.32. The summed E-state index contributed by atoms with van der Waals surface area (Å²) in [6.45, 7) is 3.54. The van der Waals surface area contributed by atoms with Crippen LogP contribution in [0.15, 0.2) is 17.0 Å². The maximum atomic E-state index is 13.4. The van der Waals surface area contributed by atoms with Crippen molar-refractivity contribution in [3.63, 3.8) is 0 Å². The summed E-state index contributed by atoms with van der Waals surface area (Å²) in [5, 5.41) is -0.703. The highest BCUT2D eigenvalue weighted by Crippen LogP contribution is 2.29. The Bertz CT molecular complexity index is 519. The van der Waals surface area contributed by atoms with Crippen LogP contribution in [-0.4, -0.2) is 14.5 Å². The molecule has 0 aliphatic heterocycles. The van der Waals surface area contributed by atoms with Crippen LogP contribution >= 0.6 is 23.2 Å². The molecule has 17 heavy (non-hydrogen) atoms. The molecule has 0 aromatic heterocycles. The normalized spacial score (nSPS) is 13.7. The summed E-state index contributed by atoms with van der Waals surface area (Å²) in [7, 11) is -3.82. The predicted molar refractivity (Wildman–Crippen MR) is 66.5 cm³/mol. The lowest BCUT2D eigenvalue weighted by molar-refractivity contribution is 0.553. The Hall–Kier alpha value is -0.360. The zero-order valence-electron chi connectivity index (χ0n) is 9.30. The maximum absolute atomic E-state index is 13.4. The van der Waals surface area contributed by atoms with Gasteiger partial charge in [0.1, 0.15) is 4.90 Å². The molecule has 0 aliphatic rings. The van der Waals surface area contributed by atoms with E-state index in [4.69, 9.17) is 23.2 Å². The van der Waals surface area contributed by atoms with Crippen LogP contribution in [0.3, 0.4) is 0 Å². The SMILES string of the molecule is CCC(C)NS(=O)(=O)c1ccc(Cl)c(F)c1Cl. The molecule has 0 amide bonds. The van der Waals surface area contributed by atoms with Crippen LogP contribution in [0.4, 0.5) is 4.39 Å². The summed E-state index contributed by atoms with van der Waals surface area (Å²) >= 11 is 11.1. The molecule has 1 unspecified atom stereocenters. The molecule has 0 fully saturated rings. The van der Waals surface area contributed by atoms with Crippen molar-refractivity contribution >= 4 is 33.2 Å². The summed E-state index contributed by atoms with van der Waals surface area (Å²) in [6.07, 6.45) is 0.618. The van der Waals surface area contributed by atoms with Crippen LogP contribution in [0.25, 0.3) is 0 Å². The van der Waals surface area contributed by atoms with Crippen LogP contribution in [0.1, 0.15) is 20.3 Å². The van der Waals surface area contributed by atoms with E-state index in [1.807, 2.05) is 6.92 Å². The summed E-state index contributed by atoms with van der Waals surface area (Å²) in [5.41, 5.74) is 0. The second-order valence-corrected chi connectivity index (χ2v) is 6.07. The van der Waals surface area contributed by atoms with Crippen molar-refractivity contribution in [1.82, 2.24) is 4.72 Å². The van der Waals surface area contributed by atoms with Crippen molar-refractivity contribution in [2.45, 2.75) is 31.2 Å². The van der Waals surface area contributed by atoms with Crippen LogP contribution in [0.2, 0.25) is 10.0 Å². The zero-order chi connectivity index (χ0) is 13.2. The van der Waals surface area contributed by atoms with Gasteiger partial charge in [-0.25, -0.2) is 17.5 Å². The minimum absolute atomic E-state index is 0.211. The van der Waals surface area contributed by atoms with Crippen LogP contribution in [0, 0.1) is 5.82 Å². The molecule has 0 heterocycles. The van der Waals surface area contributed by atoms with Gasteiger partial charge in [-0.2, -0.15) is 0 Å². The van der Waals surface area contributed by atoms with E-state index in [1.165, 1.54) is 6.07 Å². The first kappa shape index (κ1) is 14.7. The van der Waals surface area contributed by atoms with E-state index >= 15 is 0 Å². The fourth-order valence-electron chi connectivity index (χ4n) is 1.13. The Labute approximate surface area is 110 Å². The molecule has 7 heteroatoms. The third-order valence-corrected chi connectivity index (χ3v) is 4.66. The standard InChI is InChI=1S/C10H12Cl2FNO2S/c1-3-6(2)14-17(15,16)8-5-4-7(11)10(13)9(8)12/h4-6,14H,3H2,1-2H3. The van der Waals surface area contributed by atoms with Gasteiger partial charge in [0.2, 0.25) is 10.0 Å². The summed E-state index contributed by atoms with van der Waals surface area (Å²) in [5.74, 6) is -0.930. The first-order chi connectivity index (χ1) is 7.79. The van der Waals surface area contributed by atoms with Crippen molar-refractivity contribution in [2.24, 2.45) is 0 Å². The number of benzene rings is 1. The molecule has 0 saturated carbocycles. The number of rotatable bonds is 4. The molecule has 1 aromatic carbocycles. The van der Waals surface area contributed by atoms with Gasteiger partial charge in [0.15, 0.2) is 5.82 Å². The average Bonchev–Trinajstić information content (AvgIpc) is 2.24. The molecule has 0 bridgehead atoms. The zero-order valence-corrected chi connectivity index (χ0v) is 11.6. The van der Waals surface area contributed by atoms with E-state index < -0.39 is 20.9 Å². The lowest BCUT2D eigenvalue weighted by atomic mass is 10.3. The van der Waals surface area contributed by atoms with Gasteiger partial charge in [0.25, 0.3) is 0 Å². The Balaban J connectivity index is 3.21. The fourth-order valence-corrected chi connectivity index (χ4v) is 3.20. The monoisotopic (exact) mass is 299 g/mol. The average molecular weight is 300 g/mol. The predicted octanol–water partition coefficient (Wildman–Crippen LogP) is 3.21. The topological polar surface area (TPSA) is 46.2 Å². The highest BCUT2D eigenvalue weighted by atomic mass is 35.5. The van der Waals surface area contributed by atoms with Crippen LogP contribution < -0.4 is 4.72 Å². The number of halogens is 3. The first-order valence-electron chi connectivity index (χ1n) is 4.95. The van der Waals surface area contributed by atoms with Gasteiger partial charge >= 0.3 is 0 Å². The third kappa shape index (κ3) is 3.31. The van der Waals surface area contributed by atoms with Crippen molar-refractivity contribution in [2.75, 3.05) is 0 Å². The summed E-state index contributed by atoms with van der Waals surface area (Å²) in [4.78, 5) is -0.304. The molecule has 1 rings (SSSR count). The smallest absolute Gasteiger partial charge is 0.208 e. The van der Waals surface area contributed by atoms with Gasteiger partial charge in [0, 0.05) is 6.04 Å². The van der Waals surface area contributed by atoms with Crippen molar-refractivity contribution in [1.29, 1.82) is 0 Å². The van der Waals surface area contributed by atoms with E-state index in [1.54, 1.807) is 6.92 Å². The minimum atomic E-state index is -3.82. The van der Waals surface area contributed by atoms with E-state index in [0.717, 1.165) is 6.07 Å². The van der Waals surface area contributed by atoms with Crippen LogP contribution in [0.5, 0.6) is 0 Å². The summed E-state index contributed by atoms with van der Waals surface area (Å²) < 4.78 is 39.5. The highest BCUT2D eigenvalue weighted by Gasteiger charge is 2.23. The van der Waals surface area contributed by atoms with Crippen LogP contribution in [-0.2, 0) is 10.0 Å². The Morgan fingerprint density at radius 2 is 2.00 bits per heavy atom. The second kappa shape index (κ2) is 5.52. The molecule has 0 aliphatic carbocycles. The number of sulfonamides is 1. The number of hydrogen-bond donors (Lipinski definition) is 1. The molecule has 1 aromatic rings. The molecule has 0 radical (unpaired) electrons. The molecular formula is C10H12Cl2FNO2S. The quantitative estimate of drug-likeness (QED) is 0.868. The van der Waals surface area contributed by atoms with E-state index in [2.05, 4.69) is 4.72 Å². The fraction of sp³-hybridized carbons (Fsp3) is 0.400. The molecule has 0 saturated heterocycles. The summed E-state index contributed by atoms with van der Waals surface area (Å²) in [6, 6.07) is 2.08. The molecule has 1 atom stereocenters. The van der Waals surface area contributed by atoms with E-state index in [-0.39, 0.29) is 16.0 Å². The number of hydrogen-bond acceptors (Lipinski definition) is 2. The van der Waals surface area contributed by atoms with Gasteiger partial charge in [-0.05, 0) is 25.5 Å². The van der Waals surface area contributed by atoms with Gasteiger partial charge in [-0.1, -0.05) is 30.1 Å². The van der Waals surface area contributed by atoms with Crippen molar-refractivity contribution in [3.8, 4) is 0 Å². The number of nitrogens with one attached hydrogen (secondary N) is 1. The Morgan fingerprint density at radius 3 is 2.53 bits per heavy atom.